The summed E-state index contributed by atoms with van der Waals surface area (Å²) in [6, 6.07) is 10.2. The SMILES string of the molecule is CC(C)[C@@]12/C(=C(\C#N)[Si](C(C)C)(C(C)C)C(C)C)[C@H](C)CN1S(=O)(=O)c1ccccc12. The van der Waals surface area contributed by atoms with Crippen LogP contribution in [0.25, 0.3) is 0 Å². The summed E-state index contributed by atoms with van der Waals surface area (Å²) in [6.07, 6.45) is 0. The van der Waals surface area contributed by atoms with Crippen molar-refractivity contribution in [1.29, 1.82) is 5.26 Å². The van der Waals surface area contributed by atoms with Gasteiger partial charge in [0.25, 0.3) is 0 Å². The predicted molar refractivity (Wildman–Crippen MR) is 130 cm³/mol. The molecule has 0 aromatic heterocycles. The molecule has 2 atom stereocenters. The van der Waals surface area contributed by atoms with Crippen LogP contribution in [0.15, 0.2) is 39.9 Å². The summed E-state index contributed by atoms with van der Waals surface area (Å²) in [5.74, 6) is 0.0377. The van der Waals surface area contributed by atoms with E-state index in [9.17, 15) is 13.7 Å². The van der Waals surface area contributed by atoms with Crippen LogP contribution in [0, 0.1) is 23.2 Å². The standard InChI is InChI=1S/C25H38N2O2SSi/c1-16(2)25-21-12-10-11-13-22(21)30(28,29)27(25)15-20(9)24(25)23(14-26)31(17(3)4,18(5)6)19(7)8/h10-13,16-20H,15H2,1-9H3/b24-23+/t20-,25-/m1/s1. The van der Waals surface area contributed by atoms with E-state index >= 15 is 0 Å². The molecule has 1 saturated heterocycles. The van der Waals surface area contributed by atoms with Crippen LogP contribution in [0.3, 0.4) is 0 Å². The average Bonchev–Trinajstić information content (AvgIpc) is 3.08. The Balaban J connectivity index is 2.56. The van der Waals surface area contributed by atoms with Crippen molar-refractivity contribution in [2.24, 2.45) is 11.8 Å². The molecule has 1 aromatic rings. The maximum absolute atomic E-state index is 13.7. The summed E-state index contributed by atoms with van der Waals surface area (Å²) in [7, 11) is -5.88. The third-order valence-electron chi connectivity index (χ3n) is 8.12. The van der Waals surface area contributed by atoms with Gasteiger partial charge < -0.3 is 0 Å². The fourth-order valence-electron chi connectivity index (χ4n) is 7.29. The zero-order valence-corrected chi connectivity index (χ0v) is 22.3. The van der Waals surface area contributed by atoms with E-state index in [4.69, 9.17) is 0 Å². The molecule has 0 bridgehead atoms. The van der Waals surface area contributed by atoms with Crippen molar-refractivity contribution in [3.8, 4) is 6.07 Å². The Morgan fingerprint density at radius 2 is 1.58 bits per heavy atom. The number of rotatable bonds is 5. The topological polar surface area (TPSA) is 61.2 Å². The molecule has 2 aliphatic heterocycles. The largest absolute Gasteiger partial charge is 0.244 e. The number of nitrogens with zero attached hydrogens (tertiary/aromatic N) is 2. The Morgan fingerprint density at radius 1 is 1.06 bits per heavy atom. The van der Waals surface area contributed by atoms with E-state index in [1.54, 1.807) is 16.4 Å². The van der Waals surface area contributed by atoms with Gasteiger partial charge in [0.2, 0.25) is 10.0 Å². The summed E-state index contributed by atoms with van der Waals surface area (Å²) in [6.45, 7) is 20.4. The second kappa shape index (κ2) is 7.86. The zero-order chi connectivity index (χ0) is 23.5. The number of sulfonamides is 1. The first-order valence-electron chi connectivity index (χ1n) is 11.6. The van der Waals surface area contributed by atoms with Gasteiger partial charge in [0.15, 0.2) is 0 Å². The first kappa shape index (κ1) is 24.2. The Hall–Kier alpha value is -1.42. The van der Waals surface area contributed by atoms with Gasteiger partial charge in [0, 0.05) is 11.7 Å². The quantitative estimate of drug-likeness (QED) is 0.388. The van der Waals surface area contributed by atoms with E-state index in [2.05, 4.69) is 68.4 Å². The molecule has 1 aromatic carbocycles. The molecule has 4 nitrogen and oxygen atoms in total. The second-order valence-electron chi connectivity index (χ2n) is 10.7. The van der Waals surface area contributed by atoms with Crippen molar-refractivity contribution in [3.63, 3.8) is 0 Å². The highest BCUT2D eigenvalue weighted by molar-refractivity contribution is 7.89. The number of nitriles is 1. The molecule has 3 rings (SSSR count). The zero-order valence-electron chi connectivity index (χ0n) is 20.5. The molecule has 0 amide bonds. The summed E-state index contributed by atoms with van der Waals surface area (Å²) in [4.78, 5) is 0.413. The molecule has 0 radical (unpaired) electrons. The van der Waals surface area contributed by atoms with Crippen molar-refractivity contribution < 1.29 is 8.42 Å². The summed E-state index contributed by atoms with van der Waals surface area (Å²) in [5.41, 5.74) is 2.32. The highest BCUT2D eigenvalue weighted by Gasteiger charge is 2.64. The van der Waals surface area contributed by atoms with Crippen molar-refractivity contribution in [2.75, 3.05) is 6.54 Å². The third-order valence-corrected chi connectivity index (χ3v) is 17.0. The third kappa shape index (κ3) is 2.89. The molecule has 2 heterocycles. The molecule has 0 spiro atoms. The lowest BCUT2D eigenvalue weighted by molar-refractivity contribution is 0.218. The van der Waals surface area contributed by atoms with Crippen LogP contribution in [0.5, 0.6) is 0 Å². The Bertz CT molecular complexity index is 1030. The Kier molecular flexibility index (Phi) is 6.14. The van der Waals surface area contributed by atoms with Crippen molar-refractivity contribution in [1.82, 2.24) is 4.31 Å². The van der Waals surface area contributed by atoms with Crippen molar-refractivity contribution >= 4 is 18.1 Å². The lowest BCUT2D eigenvalue weighted by Gasteiger charge is -2.46. The normalized spacial score (nSPS) is 27.2. The molecule has 0 unspecified atom stereocenters. The molecule has 6 heteroatoms. The fourth-order valence-corrected chi connectivity index (χ4v) is 16.3. The minimum atomic E-state index is -3.60. The van der Waals surface area contributed by atoms with Gasteiger partial charge in [0.1, 0.15) is 8.07 Å². The molecule has 1 fully saturated rings. The number of allylic oxidation sites excluding steroid dienone is 1. The van der Waals surface area contributed by atoms with Crippen LogP contribution >= 0.6 is 0 Å². The van der Waals surface area contributed by atoms with Gasteiger partial charge in [0.05, 0.1) is 16.5 Å². The molecule has 0 aliphatic carbocycles. The van der Waals surface area contributed by atoms with Crippen LogP contribution in [0.2, 0.25) is 16.6 Å². The van der Waals surface area contributed by atoms with Gasteiger partial charge in [-0.05, 0) is 45.7 Å². The second-order valence-corrected chi connectivity index (χ2v) is 18.3. The molecule has 0 saturated carbocycles. The van der Waals surface area contributed by atoms with Gasteiger partial charge in [-0.3, -0.25) is 0 Å². The molecular formula is C25H38N2O2SSi. The molecule has 170 valence electrons. The lowest BCUT2D eigenvalue weighted by Crippen LogP contribution is -2.50. The van der Waals surface area contributed by atoms with Gasteiger partial charge in [-0.1, -0.05) is 80.5 Å². The minimum absolute atomic E-state index is 0.0170. The highest BCUT2D eigenvalue weighted by Crippen LogP contribution is 2.61. The highest BCUT2D eigenvalue weighted by atomic mass is 32.2. The van der Waals surface area contributed by atoms with Gasteiger partial charge in [-0.25, -0.2) is 8.42 Å². The summed E-state index contributed by atoms with van der Waals surface area (Å²) < 4.78 is 29.0. The number of hydrogen-bond donors (Lipinski definition) is 0. The number of benzene rings is 1. The predicted octanol–water partition coefficient (Wildman–Crippen LogP) is 6.23. The average molecular weight is 459 g/mol. The van der Waals surface area contributed by atoms with E-state index in [0.29, 0.717) is 28.1 Å². The fraction of sp³-hybridized carbons (Fsp3) is 0.640. The summed E-state index contributed by atoms with van der Waals surface area (Å²) >= 11 is 0. The lowest BCUT2D eigenvalue weighted by atomic mass is 9.73. The van der Waals surface area contributed by atoms with E-state index in [-0.39, 0.29) is 11.8 Å². The maximum Gasteiger partial charge on any atom is 0.244 e. The van der Waals surface area contributed by atoms with Gasteiger partial charge >= 0.3 is 0 Å². The Morgan fingerprint density at radius 3 is 2.03 bits per heavy atom. The summed E-state index contributed by atoms with van der Waals surface area (Å²) in [5, 5.41) is 11.7. The van der Waals surface area contributed by atoms with Gasteiger partial charge in [-0.15, -0.1) is 0 Å². The first-order chi connectivity index (χ1) is 14.3. The van der Waals surface area contributed by atoms with Crippen molar-refractivity contribution in [3.05, 3.63) is 40.6 Å². The van der Waals surface area contributed by atoms with Gasteiger partial charge in [-0.2, -0.15) is 9.57 Å². The molecule has 0 N–H and O–H groups in total. The monoisotopic (exact) mass is 458 g/mol. The smallest absolute Gasteiger partial charge is 0.207 e. The number of hydrogen-bond acceptors (Lipinski definition) is 3. The van der Waals surface area contributed by atoms with E-state index in [1.165, 1.54) is 0 Å². The Labute approximate surface area is 190 Å². The minimum Gasteiger partial charge on any atom is -0.207 e. The van der Waals surface area contributed by atoms with Crippen LogP contribution in [-0.4, -0.2) is 27.3 Å². The molecule has 31 heavy (non-hydrogen) atoms. The van der Waals surface area contributed by atoms with Crippen LogP contribution in [-0.2, 0) is 15.6 Å². The van der Waals surface area contributed by atoms with E-state index < -0.39 is 23.6 Å². The molecular weight excluding hydrogens is 420 g/mol. The van der Waals surface area contributed by atoms with Crippen LogP contribution in [0.1, 0.15) is 67.9 Å². The van der Waals surface area contributed by atoms with E-state index in [1.807, 2.05) is 12.1 Å². The molecule has 2 aliphatic rings. The van der Waals surface area contributed by atoms with E-state index in [0.717, 1.165) is 16.3 Å². The number of fused-ring (bicyclic) bond motifs is 3. The first-order valence-corrected chi connectivity index (χ1v) is 15.3. The van der Waals surface area contributed by atoms with Crippen LogP contribution < -0.4 is 0 Å². The van der Waals surface area contributed by atoms with Crippen LogP contribution in [0.4, 0.5) is 0 Å². The maximum atomic E-state index is 13.7. The van der Waals surface area contributed by atoms with Crippen molar-refractivity contribution in [2.45, 2.75) is 89.4 Å².